The average molecular weight is 513 g/mol. The van der Waals surface area contributed by atoms with Gasteiger partial charge in [0.15, 0.2) is 5.82 Å². The van der Waals surface area contributed by atoms with Gasteiger partial charge in [0.25, 0.3) is 0 Å². The number of rotatable bonds is 5. The average Bonchev–Trinajstić information content (AvgIpc) is 2.81. The lowest BCUT2D eigenvalue weighted by atomic mass is 10.1. The van der Waals surface area contributed by atoms with Gasteiger partial charge in [-0.05, 0) is 51.4 Å². The van der Waals surface area contributed by atoms with E-state index in [0.29, 0.717) is 22.4 Å². The number of nitrogens with zero attached hydrogens (tertiary/aromatic N) is 5. The van der Waals surface area contributed by atoms with Crippen LogP contribution < -0.4 is 10.8 Å². The molecular weight excluding hydrogens is 493 g/mol. The van der Waals surface area contributed by atoms with Gasteiger partial charge in [0.2, 0.25) is 0 Å². The quantitative estimate of drug-likeness (QED) is 0.346. The molecule has 0 aliphatic rings. The number of fused-ring (bicyclic) bond motifs is 1. The zero-order valence-corrected chi connectivity index (χ0v) is 20.9. The second kappa shape index (κ2) is 9.29. The normalized spacial score (nSPS) is 12.4. The number of nitrogens with one attached hydrogen (secondary N) is 1. The first kappa shape index (κ1) is 24.6. The minimum absolute atomic E-state index is 0.00629. The number of pyridine rings is 4. The van der Waals surface area contributed by atoms with Crippen LogP contribution >= 0.6 is 18.7 Å². The third kappa shape index (κ3) is 4.86. The Bertz CT molecular complexity index is 1550. The van der Waals surface area contributed by atoms with Crippen LogP contribution in [0.1, 0.15) is 30.0 Å². The summed E-state index contributed by atoms with van der Waals surface area (Å²) in [5, 5.41) is 12.5. The molecule has 0 spiro atoms. The molecule has 1 unspecified atom stereocenters. The standard InChI is InChI=1S/C24H20ClF2N6OP/c1-12-20(25)24(31-13(2)21-16(26)7-6-15(10-28)32-21)23-18(30-12)9-17(27)22(33-23)14-5-8-19(29-11-14)35(3,4)34/h5-9,11,13H,1-4H3,(H,30,31). The lowest BCUT2D eigenvalue weighted by Crippen LogP contribution is -2.13. The van der Waals surface area contributed by atoms with Crippen molar-refractivity contribution in [3.8, 4) is 17.3 Å². The van der Waals surface area contributed by atoms with Crippen LogP contribution in [-0.4, -0.2) is 33.3 Å². The summed E-state index contributed by atoms with van der Waals surface area (Å²) in [5.74, 6) is -1.21. The van der Waals surface area contributed by atoms with Crippen LogP contribution in [0.5, 0.6) is 0 Å². The van der Waals surface area contributed by atoms with E-state index in [1.807, 2.05) is 6.07 Å². The van der Waals surface area contributed by atoms with E-state index in [4.69, 9.17) is 16.9 Å². The minimum Gasteiger partial charge on any atom is -0.374 e. The molecule has 0 saturated heterocycles. The number of anilines is 1. The topological polar surface area (TPSA) is 104 Å². The fourth-order valence-corrected chi connectivity index (χ4v) is 4.51. The molecule has 0 radical (unpaired) electrons. The van der Waals surface area contributed by atoms with Gasteiger partial charge in [0.1, 0.15) is 35.9 Å². The molecule has 1 N–H and O–H groups in total. The number of hydrogen-bond donors (Lipinski definition) is 1. The molecule has 0 saturated carbocycles. The number of aryl methyl sites for hydroxylation is 1. The maximum Gasteiger partial charge on any atom is 0.151 e. The van der Waals surface area contributed by atoms with Crippen molar-refractivity contribution >= 4 is 40.9 Å². The van der Waals surface area contributed by atoms with E-state index in [9.17, 15) is 8.96 Å². The second-order valence-electron chi connectivity index (χ2n) is 8.37. The van der Waals surface area contributed by atoms with E-state index in [1.54, 1.807) is 39.3 Å². The molecule has 35 heavy (non-hydrogen) atoms. The Labute approximate surface area is 205 Å². The van der Waals surface area contributed by atoms with Crippen molar-refractivity contribution in [3.63, 3.8) is 0 Å². The number of hydrogen-bond acceptors (Lipinski definition) is 7. The Hall–Kier alpha value is -3.47. The molecule has 0 aliphatic heterocycles. The molecule has 1 atom stereocenters. The van der Waals surface area contributed by atoms with Gasteiger partial charge in [0.05, 0.1) is 39.1 Å². The highest BCUT2D eigenvalue weighted by Gasteiger charge is 2.21. The van der Waals surface area contributed by atoms with Crippen molar-refractivity contribution in [3.05, 3.63) is 70.3 Å². The highest BCUT2D eigenvalue weighted by molar-refractivity contribution is 7.69. The Morgan fingerprint density at radius 2 is 1.86 bits per heavy atom. The monoisotopic (exact) mass is 512 g/mol. The summed E-state index contributed by atoms with van der Waals surface area (Å²) in [4.78, 5) is 17.1. The fourth-order valence-electron chi connectivity index (χ4n) is 3.55. The van der Waals surface area contributed by atoms with Gasteiger partial charge in [-0.1, -0.05) is 11.6 Å². The van der Waals surface area contributed by atoms with Gasteiger partial charge in [-0.3, -0.25) is 4.98 Å². The van der Waals surface area contributed by atoms with Gasteiger partial charge in [0, 0.05) is 17.8 Å². The fraction of sp³-hybridized carbons (Fsp3) is 0.208. The predicted octanol–water partition coefficient (Wildman–Crippen LogP) is 5.62. The highest BCUT2D eigenvalue weighted by Crippen LogP contribution is 2.37. The van der Waals surface area contributed by atoms with Crippen molar-refractivity contribution in [1.29, 1.82) is 5.26 Å². The number of nitriles is 1. The lowest BCUT2D eigenvalue weighted by Gasteiger charge is -2.19. The summed E-state index contributed by atoms with van der Waals surface area (Å²) in [5.41, 5.74) is 2.16. The molecule has 7 nitrogen and oxygen atoms in total. The molecule has 0 fully saturated rings. The van der Waals surface area contributed by atoms with E-state index < -0.39 is 24.8 Å². The van der Waals surface area contributed by atoms with Crippen LogP contribution in [0, 0.1) is 29.9 Å². The Balaban J connectivity index is 1.84. The van der Waals surface area contributed by atoms with Crippen molar-refractivity contribution in [2.24, 2.45) is 0 Å². The number of halogens is 3. The first-order valence-electron chi connectivity index (χ1n) is 10.5. The highest BCUT2D eigenvalue weighted by atomic mass is 35.5. The molecule has 0 bridgehead atoms. The van der Waals surface area contributed by atoms with Gasteiger partial charge in [-0.2, -0.15) is 5.26 Å². The van der Waals surface area contributed by atoms with Crippen LogP contribution in [0.3, 0.4) is 0 Å². The molecular formula is C24H20ClF2N6OP. The molecule has 11 heteroatoms. The van der Waals surface area contributed by atoms with Crippen molar-refractivity contribution in [2.45, 2.75) is 19.9 Å². The molecule has 0 amide bonds. The minimum atomic E-state index is -2.58. The predicted molar refractivity (Wildman–Crippen MR) is 133 cm³/mol. The lowest BCUT2D eigenvalue weighted by molar-refractivity contribution is 0.586. The van der Waals surface area contributed by atoms with Crippen LogP contribution in [0.2, 0.25) is 5.02 Å². The van der Waals surface area contributed by atoms with Gasteiger partial charge >= 0.3 is 0 Å². The van der Waals surface area contributed by atoms with Gasteiger partial charge < -0.3 is 9.88 Å². The largest absolute Gasteiger partial charge is 0.374 e. The van der Waals surface area contributed by atoms with E-state index in [-0.39, 0.29) is 33.1 Å². The first-order chi connectivity index (χ1) is 16.5. The van der Waals surface area contributed by atoms with Crippen molar-refractivity contribution < 1.29 is 13.3 Å². The Morgan fingerprint density at radius 1 is 1.11 bits per heavy atom. The molecule has 4 aromatic rings. The zero-order valence-electron chi connectivity index (χ0n) is 19.3. The smallest absolute Gasteiger partial charge is 0.151 e. The summed E-state index contributed by atoms with van der Waals surface area (Å²) < 4.78 is 41.8. The van der Waals surface area contributed by atoms with Crippen LogP contribution in [0.4, 0.5) is 14.5 Å². The summed E-state index contributed by atoms with van der Waals surface area (Å²) in [6.07, 6.45) is 1.41. The molecule has 0 aromatic carbocycles. The molecule has 4 rings (SSSR count). The summed E-state index contributed by atoms with van der Waals surface area (Å²) >= 11 is 6.54. The van der Waals surface area contributed by atoms with Gasteiger partial charge in [-0.15, -0.1) is 0 Å². The summed E-state index contributed by atoms with van der Waals surface area (Å²) in [7, 11) is -2.58. The van der Waals surface area contributed by atoms with E-state index in [2.05, 4.69) is 25.3 Å². The van der Waals surface area contributed by atoms with Crippen LogP contribution in [0.25, 0.3) is 22.3 Å². The van der Waals surface area contributed by atoms with Crippen LogP contribution in [0.15, 0.2) is 36.5 Å². The third-order valence-electron chi connectivity index (χ3n) is 5.35. The van der Waals surface area contributed by atoms with Gasteiger partial charge in [-0.25, -0.2) is 23.7 Å². The van der Waals surface area contributed by atoms with E-state index in [1.165, 1.54) is 24.4 Å². The molecule has 4 aromatic heterocycles. The van der Waals surface area contributed by atoms with Crippen LogP contribution in [-0.2, 0) is 4.57 Å². The van der Waals surface area contributed by atoms with E-state index in [0.717, 1.165) is 0 Å². The summed E-state index contributed by atoms with van der Waals surface area (Å²) in [6.45, 7) is 6.52. The molecule has 178 valence electrons. The van der Waals surface area contributed by atoms with Crippen molar-refractivity contribution in [2.75, 3.05) is 18.6 Å². The Kier molecular flexibility index (Phi) is 6.54. The zero-order chi connectivity index (χ0) is 25.5. The van der Waals surface area contributed by atoms with Crippen molar-refractivity contribution in [1.82, 2.24) is 19.9 Å². The number of aromatic nitrogens is 4. The SMILES string of the molecule is Cc1nc2cc(F)c(-c3ccc(P(C)(C)=O)nc3)nc2c(NC(C)c2nc(C#N)ccc2F)c1Cl. The third-order valence-corrected chi connectivity index (χ3v) is 7.18. The second-order valence-corrected chi connectivity index (χ2v) is 11.9. The Morgan fingerprint density at radius 3 is 2.49 bits per heavy atom. The first-order valence-corrected chi connectivity index (χ1v) is 13.5. The summed E-state index contributed by atoms with van der Waals surface area (Å²) in [6, 6.07) is 8.07. The maximum absolute atomic E-state index is 15.0. The molecule has 4 heterocycles. The maximum atomic E-state index is 15.0. The van der Waals surface area contributed by atoms with E-state index >= 15 is 4.39 Å². The molecule has 0 aliphatic carbocycles.